The molecular formula is C13H18N2O3S. The maximum absolute atomic E-state index is 12.3. The summed E-state index contributed by atoms with van der Waals surface area (Å²) in [5, 5.41) is 12.0. The number of amides is 1. The molecule has 1 unspecified atom stereocenters. The zero-order valence-electron chi connectivity index (χ0n) is 11.1. The van der Waals surface area contributed by atoms with Crippen LogP contribution in [0, 0.1) is 13.8 Å². The minimum atomic E-state index is -1.03. The van der Waals surface area contributed by atoms with Crippen LogP contribution in [0.25, 0.3) is 0 Å². The number of carboxylic acids is 1. The van der Waals surface area contributed by atoms with Crippen molar-refractivity contribution in [1.82, 2.24) is 10.3 Å². The molecule has 1 saturated heterocycles. The van der Waals surface area contributed by atoms with E-state index in [1.807, 2.05) is 11.8 Å². The maximum Gasteiger partial charge on any atom is 0.352 e. The standard InChI is InChI=1S/C13H18N2O3S/c1-7-10(8(2)14-11(7)13(17)18)12(16)15-9-4-3-5-19-6-9/h9,14H,3-6H2,1-2H3,(H,15,16)(H,17,18). The second kappa shape index (κ2) is 5.69. The Morgan fingerprint density at radius 3 is 2.68 bits per heavy atom. The first-order valence-electron chi connectivity index (χ1n) is 6.31. The molecule has 1 aromatic rings. The highest BCUT2D eigenvalue weighted by atomic mass is 32.2. The van der Waals surface area contributed by atoms with Gasteiger partial charge in [0.25, 0.3) is 5.91 Å². The van der Waals surface area contributed by atoms with E-state index >= 15 is 0 Å². The van der Waals surface area contributed by atoms with Crippen molar-refractivity contribution in [3.63, 3.8) is 0 Å². The molecular weight excluding hydrogens is 264 g/mol. The molecule has 2 heterocycles. The Morgan fingerprint density at radius 1 is 1.42 bits per heavy atom. The minimum Gasteiger partial charge on any atom is -0.477 e. The minimum absolute atomic E-state index is 0.0978. The lowest BCUT2D eigenvalue weighted by Crippen LogP contribution is -2.38. The first-order chi connectivity index (χ1) is 9.00. The predicted octanol–water partition coefficient (Wildman–Crippen LogP) is 1.96. The van der Waals surface area contributed by atoms with Crippen LogP contribution in [0.3, 0.4) is 0 Å². The highest BCUT2D eigenvalue weighted by Gasteiger charge is 2.24. The van der Waals surface area contributed by atoms with Gasteiger partial charge in [0.2, 0.25) is 0 Å². The van der Waals surface area contributed by atoms with E-state index in [2.05, 4.69) is 10.3 Å². The number of nitrogens with one attached hydrogen (secondary N) is 2. The fraction of sp³-hybridized carbons (Fsp3) is 0.538. The Labute approximate surface area is 116 Å². The van der Waals surface area contributed by atoms with Gasteiger partial charge in [0, 0.05) is 17.5 Å². The molecule has 1 fully saturated rings. The normalized spacial score (nSPS) is 19.2. The molecule has 1 aliphatic rings. The van der Waals surface area contributed by atoms with Crippen LogP contribution in [0.15, 0.2) is 0 Å². The fourth-order valence-electron chi connectivity index (χ4n) is 2.42. The number of aromatic amines is 1. The predicted molar refractivity (Wildman–Crippen MR) is 75.0 cm³/mol. The largest absolute Gasteiger partial charge is 0.477 e. The van der Waals surface area contributed by atoms with Crippen LogP contribution in [-0.2, 0) is 0 Å². The molecule has 0 saturated carbocycles. The Kier molecular flexibility index (Phi) is 4.19. The van der Waals surface area contributed by atoms with Crippen molar-refractivity contribution in [3.05, 3.63) is 22.5 Å². The van der Waals surface area contributed by atoms with Crippen molar-refractivity contribution in [1.29, 1.82) is 0 Å². The van der Waals surface area contributed by atoms with Crippen molar-refractivity contribution >= 4 is 23.6 Å². The number of thioether (sulfide) groups is 1. The molecule has 19 heavy (non-hydrogen) atoms. The average molecular weight is 282 g/mol. The summed E-state index contributed by atoms with van der Waals surface area (Å²) in [4.78, 5) is 26.1. The van der Waals surface area contributed by atoms with Gasteiger partial charge < -0.3 is 15.4 Å². The van der Waals surface area contributed by atoms with Crippen molar-refractivity contribution in [3.8, 4) is 0 Å². The molecule has 5 nitrogen and oxygen atoms in total. The molecule has 6 heteroatoms. The summed E-state index contributed by atoms with van der Waals surface area (Å²) < 4.78 is 0. The third kappa shape index (κ3) is 2.94. The van der Waals surface area contributed by atoms with Crippen LogP contribution in [-0.4, -0.2) is 39.5 Å². The lowest BCUT2D eigenvalue weighted by atomic mass is 10.1. The molecule has 0 bridgehead atoms. The number of hydrogen-bond donors (Lipinski definition) is 3. The Balaban J connectivity index is 2.16. The summed E-state index contributed by atoms with van der Waals surface area (Å²) >= 11 is 1.84. The van der Waals surface area contributed by atoms with Crippen LogP contribution in [0.5, 0.6) is 0 Å². The molecule has 1 aliphatic heterocycles. The summed E-state index contributed by atoms with van der Waals surface area (Å²) in [6.45, 7) is 3.39. The van der Waals surface area contributed by atoms with Gasteiger partial charge in [-0.05, 0) is 38.0 Å². The van der Waals surface area contributed by atoms with Crippen molar-refractivity contribution < 1.29 is 14.7 Å². The van der Waals surface area contributed by atoms with E-state index in [-0.39, 0.29) is 17.6 Å². The summed E-state index contributed by atoms with van der Waals surface area (Å²) in [5.74, 6) is 0.872. The monoisotopic (exact) mass is 282 g/mol. The third-order valence-electron chi connectivity index (χ3n) is 3.37. The number of hydrogen-bond acceptors (Lipinski definition) is 3. The molecule has 1 aromatic heterocycles. The van der Waals surface area contributed by atoms with E-state index in [1.165, 1.54) is 0 Å². The van der Waals surface area contributed by atoms with E-state index in [0.29, 0.717) is 16.8 Å². The van der Waals surface area contributed by atoms with E-state index in [0.717, 1.165) is 24.3 Å². The van der Waals surface area contributed by atoms with Gasteiger partial charge in [0.05, 0.1) is 5.56 Å². The van der Waals surface area contributed by atoms with Crippen LogP contribution in [0.4, 0.5) is 0 Å². The van der Waals surface area contributed by atoms with Gasteiger partial charge in [0.15, 0.2) is 0 Å². The molecule has 104 valence electrons. The lowest BCUT2D eigenvalue weighted by molar-refractivity contribution is 0.0690. The summed E-state index contributed by atoms with van der Waals surface area (Å²) in [6, 6.07) is 0.188. The summed E-state index contributed by atoms with van der Waals surface area (Å²) in [6.07, 6.45) is 2.11. The van der Waals surface area contributed by atoms with Crippen LogP contribution < -0.4 is 5.32 Å². The number of carbonyl (C=O) groups excluding carboxylic acids is 1. The zero-order valence-corrected chi connectivity index (χ0v) is 11.9. The number of rotatable bonds is 3. The second-order valence-electron chi connectivity index (χ2n) is 4.82. The van der Waals surface area contributed by atoms with Crippen LogP contribution >= 0.6 is 11.8 Å². The molecule has 0 aliphatic carbocycles. The Morgan fingerprint density at radius 2 is 2.16 bits per heavy atom. The van der Waals surface area contributed by atoms with E-state index < -0.39 is 5.97 Å². The van der Waals surface area contributed by atoms with E-state index in [9.17, 15) is 9.59 Å². The van der Waals surface area contributed by atoms with Gasteiger partial charge in [-0.25, -0.2) is 4.79 Å². The maximum atomic E-state index is 12.3. The van der Waals surface area contributed by atoms with Gasteiger partial charge in [-0.2, -0.15) is 11.8 Å². The number of aryl methyl sites for hydroxylation is 1. The first-order valence-corrected chi connectivity index (χ1v) is 7.47. The van der Waals surface area contributed by atoms with Gasteiger partial charge in [-0.3, -0.25) is 4.79 Å². The van der Waals surface area contributed by atoms with Crippen molar-refractivity contribution in [2.45, 2.75) is 32.7 Å². The van der Waals surface area contributed by atoms with Gasteiger partial charge in [0.1, 0.15) is 5.69 Å². The fourth-order valence-corrected chi connectivity index (χ4v) is 3.49. The summed E-state index contributed by atoms with van der Waals surface area (Å²) in [7, 11) is 0. The third-order valence-corrected chi connectivity index (χ3v) is 4.59. The number of carboxylic acid groups (broad SMARTS) is 1. The van der Waals surface area contributed by atoms with Crippen LogP contribution in [0.1, 0.15) is 44.9 Å². The number of H-pyrrole nitrogens is 1. The molecule has 1 amide bonds. The molecule has 3 N–H and O–H groups in total. The van der Waals surface area contributed by atoms with Crippen LogP contribution in [0.2, 0.25) is 0 Å². The molecule has 1 atom stereocenters. The average Bonchev–Trinajstić information content (AvgIpc) is 2.66. The van der Waals surface area contributed by atoms with E-state index in [1.54, 1.807) is 13.8 Å². The second-order valence-corrected chi connectivity index (χ2v) is 5.97. The zero-order chi connectivity index (χ0) is 14.0. The molecule has 0 spiro atoms. The quantitative estimate of drug-likeness (QED) is 0.791. The smallest absolute Gasteiger partial charge is 0.352 e. The van der Waals surface area contributed by atoms with Gasteiger partial charge in [-0.1, -0.05) is 0 Å². The Bertz CT molecular complexity index is 504. The first kappa shape index (κ1) is 14.0. The number of carbonyl (C=O) groups is 2. The number of aromatic carboxylic acids is 1. The van der Waals surface area contributed by atoms with Crippen molar-refractivity contribution in [2.24, 2.45) is 0 Å². The summed E-state index contributed by atoms with van der Waals surface area (Å²) in [5.41, 5.74) is 1.68. The molecule has 0 aromatic carbocycles. The molecule has 2 rings (SSSR count). The highest BCUT2D eigenvalue weighted by Crippen LogP contribution is 2.20. The lowest BCUT2D eigenvalue weighted by Gasteiger charge is -2.22. The van der Waals surface area contributed by atoms with Crippen molar-refractivity contribution in [2.75, 3.05) is 11.5 Å². The topological polar surface area (TPSA) is 82.2 Å². The number of aromatic nitrogens is 1. The SMILES string of the molecule is Cc1[nH]c(C(=O)O)c(C)c1C(=O)NC1CCCSC1. The highest BCUT2D eigenvalue weighted by molar-refractivity contribution is 7.99. The van der Waals surface area contributed by atoms with Gasteiger partial charge in [-0.15, -0.1) is 0 Å². The van der Waals surface area contributed by atoms with Gasteiger partial charge >= 0.3 is 5.97 Å². The van der Waals surface area contributed by atoms with E-state index in [4.69, 9.17) is 5.11 Å². The molecule has 0 radical (unpaired) electrons. The Hall–Kier alpha value is -1.43.